The van der Waals surface area contributed by atoms with Gasteiger partial charge in [0.05, 0.1) is 24.5 Å². The second-order valence-electron chi connectivity index (χ2n) is 7.43. The minimum Gasteiger partial charge on any atom is -0.490 e. The summed E-state index contributed by atoms with van der Waals surface area (Å²) in [6, 6.07) is 4.51. The zero-order chi connectivity index (χ0) is 21.6. The van der Waals surface area contributed by atoms with E-state index in [0.29, 0.717) is 31.1 Å². The molecule has 0 radical (unpaired) electrons. The molecule has 0 aromatic heterocycles. The van der Waals surface area contributed by atoms with Gasteiger partial charge in [-0.05, 0) is 31.9 Å². The van der Waals surface area contributed by atoms with Gasteiger partial charge in [-0.1, -0.05) is 12.8 Å². The van der Waals surface area contributed by atoms with Gasteiger partial charge < -0.3 is 19.5 Å². The molecule has 1 aromatic rings. The molecular formula is C20H28N2O7S. The standard InChI is InChI=1S/C20H28N2O7S/c1-14(20(24)22-15-5-2-3-6-15)29-19(23)9-10-21-30(25,26)16-7-8-17-18(13-16)28-12-4-11-27-17/h7-8,13-15,21H,2-6,9-12H2,1H3,(H,22,24)/t14-/m0/s1. The summed E-state index contributed by atoms with van der Waals surface area (Å²) < 4.78 is 43.4. The van der Waals surface area contributed by atoms with E-state index in [1.807, 2.05) is 0 Å². The number of sulfonamides is 1. The predicted octanol–water partition coefficient (Wildman–Crippen LogP) is 1.51. The van der Waals surface area contributed by atoms with Crippen molar-refractivity contribution < 1.29 is 32.2 Å². The van der Waals surface area contributed by atoms with Crippen LogP contribution in [0.5, 0.6) is 11.5 Å². The minimum atomic E-state index is -3.83. The summed E-state index contributed by atoms with van der Waals surface area (Å²) in [5.74, 6) is -0.106. The van der Waals surface area contributed by atoms with Crippen molar-refractivity contribution in [1.29, 1.82) is 0 Å². The Labute approximate surface area is 176 Å². The quantitative estimate of drug-likeness (QED) is 0.588. The lowest BCUT2D eigenvalue weighted by Gasteiger charge is -2.17. The van der Waals surface area contributed by atoms with Crippen molar-refractivity contribution in [2.45, 2.75) is 62.5 Å². The Balaban J connectivity index is 1.46. The van der Waals surface area contributed by atoms with E-state index < -0.39 is 22.1 Å². The molecule has 1 aliphatic carbocycles. The second-order valence-corrected chi connectivity index (χ2v) is 9.20. The first-order chi connectivity index (χ1) is 14.3. The van der Waals surface area contributed by atoms with Crippen LogP contribution in [0.1, 0.15) is 45.4 Å². The van der Waals surface area contributed by atoms with Crippen molar-refractivity contribution in [3.05, 3.63) is 18.2 Å². The van der Waals surface area contributed by atoms with Gasteiger partial charge in [-0.3, -0.25) is 9.59 Å². The molecule has 30 heavy (non-hydrogen) atoms. The molecule has 9 nitrogen and oxygen atoms in total. The summed E-state index contributed by atoms with van der Waals surface area (Å²) in [5.41, 5.74) is 0. The lowest BCUT2D eigenvalue weighted by molar-refractivity contribution is -0.154. The molecule has 0 spiro atoms. The van der Waals surface area contributed by atoms with E-state index in [-0.39, 0.29) is 29.8 Å². The monoisotopic (exact) mass is 440 g/mol. The van der Waals surface area contributed by atoms with E-state index in [9.17, 15) is 18.0 Å². The number of amides is 1. The van der Waals surface area contributed by atoms with Crippen molar-refractivity contribution in [2.24, 2.45) is 0 Å². The van der Waals surface area contributed by atoms with Gasteiger partial charge in [0.15, 0.2) is 17.6 Å². The molecule has 3 rings (SSSR count). The number of hydrogen-bond acceptors (Lipinski definition) is 7. The predicted molar refractivity (Wildman–Crippen MR) is 108 cm³/mol. The molecule has 1 atom stereocenters. The normalized spacial score (nSPS) is 17.8. The molecule has 166 valence electrons. The largest absolute Gasteiger partial charge is 0.490 e. The fourth-order valence-corrected chi connectivity index (χ4v) is 4.43. The maximum Gasteiger partial charge on any atom is 0.307 e. The maximum atomic E-state index is 12.5. The number of fused-ring (bicyclic) bond motifs is 1. The molecule has 1 saturated carbocycles. The number of carbonyl (C=O) groups excluding carboxylic acids is 2. The van der Waals surface area contributed by atoms with Crippen molar-refractivity contribution in [1.82, 2.24) is 10.0 Å². The van der Waals surface area contributed by atoms with Crippen molar-refractivity contribution in [3.63, 3.8) is 0 Å². The Hall–Kier alpha value is -2.33. The number of nitrogens with one attached hydrogen (secondary N) is 2. The van der Waals surface area contributed by atoms with Crippen LogP contribution in [0.3, 0.4) is 0 Å². The van der Waals surface area contributed by atoms with Gasteiger partial charge >= 0.3 is 5.97 Å². The summed E-state index contributed by atoms with van der Waals surface area (Å²) in [6.45, 7) is 2.32. The van der Waals surface area contributed by atoms with Crippen LogP contribution in [0.25, 0.3) is 0 Å². The van der Waals surface area contributed by atoms with Gasteiger partial charge in [-0.25, -0.2) is 13.1 Å². The smallest absolute Gasteiger partial charge is 0.307 e. The molecular weight excluding hydrogens is 412 g/mol. The van der Waals surface area contributed by atoms with E-state index in [2.05, 4.69) is 10.0 Å². The third-order valence-electron chi connectivity index (χ3n) is 5.03. The Morgan fingerprint density at radius 2 is 1.83 bits per heavy atom. The average molecular weight is 441 g/mol. The average Bonchev–Trinajstić information content (AvgIpc) is 3.09. The van der Waals surface area contributed by atoms with Crippen LogP contribution >= 0.6 is 0 Å². The fraction of sp³-hybridized carbons (Fsp3) is 0.600. The summed E-state index contributed by atoms with van der Waals surface area (Å²) in [4.78, 5) is 24.1. The Morgan fingerprint density at radius 3 is 2.57 bits per heavy atom. The second kappa shape index (κ2) is 10.1. The highest BCUT2D eigenvalue weighted by Crippen LogP contribution is 2.31. The minimum absolute atomic E-state index is 0.0180. The fourth-order valence-electron chi connectivity index (χ4n) is 3.38. The number of ether oxygens (including phenoxy) is 3. The third kappa shape index (κ3) is 6.09. The van der Waals surface area contributed by atoms with Crippen molar-refractivity contribution in [3.8, 4) is 11.5 Å². The van der Waals surface area contributed by atoms with Crippen molar-refractivity contribution in [2.75, 3.05) is 19.8 Å². The van der Waals surface area contributed by atoms with E-state index in [1.165, 1.54) is 19.1 Å². The Morgan fingerprint density at radius 1 is 1.13 bits per heavy atom. The highest BCUT2D eigenvalue weighted by molar-refractivity contribution is 7.89. The van der Waals surface area contributed by atoms with Crippen LogP contribution in [0.4, 0.5) is 0 Å². The summed E-state index contributed by atoms with van der Waals surface area (Å²) in [6.07, 6.45) is 3.66. The molecule has 2 aliphatic rings. The highest BCUT2D eigenvalue weighted by Gasteiger charge is 2.23. The topological polar surface area (TPSA) is 120 Å². The molecule has 1 fully saturated rings. The van der Waals surface area contributed by atoms with Gasteiger partial charge in [0.1, 0.15) is 0 Å². The molecule has 0 unspecified atom stereocenters. The molecule has 10 heteroatoms. The first-order valence-corrected chi connectivity index (χ1v) is 11.7. The maximum absolute atomic E-state index is 12.5. The van der Waals surface area contributed by atoms with Gasteiger partial charge in [-0.15, -0.1) is 0 Å². The number of benzene rings is 1. The Bertz CT molecular complexity index is 866. The van der Waals surface area contributed by atoms with Crippen LogP contribution < -0.4 is 19.5 Å². The molecule has 0 saturated heterocycles. The first kappa shape index (κ1) is 22.4. The van der Waals surface area contributed by atoms with E-state index >= 15 is 0 Å². The van der Waals surface area contributed by atoms with Gasteiger partial charge in [0.2, 0.25) is 10.0 Å². The van der Waals surface area contributed by atoms with Crippen LogP contribution in [-0.4, -0.2) is 52.2 Å². The van der Waals surface area contributed by atoms with E-state index in [0.717, 1.165) is 25.7 Å². The number of rotatable bonds is 8. The van der Waals surface area contributed by atoms with Gasteiger partial charge in [0.25, 0.3) is 5.91 Å². The first-order valence-electron chi connectivity index (χ1n) is 10.2. The third-order valence-corrected chi connectivity index (χ3v) is 6.49. The molecule has 1 amide bonds. The molecule has 1 aromatic carbocycles. The summed E-state index contributed by atoms with van der Waals surface area (Å²) in [7, 11) is -3.83. The molecule has 1 aliphatic heterocycles. The molecule has 1 heterocycles. The zero-order valence-corrected chi connectivity index (χ0v) is 17.8. The SMILES string of the molecule is C[C@H](OC(=O)CCNS(=O)(=O)c1ccc2c(c1)OCCCO2)C(=O)NC1CCCC1. The van der Waals surface area contributed by atoms with Crippen molar-refractivity contribution >= 4 is 21.9 Å². The molecule has 0 bridgehead atoms. The number of hydrogen-bond donors (Lipinski definition) is 2. The molecule has 2 N–H and O–H groups in total. The van der Waals surface area contributed by atoms with Crippen LogP contribution in [0.2, 0.25) is 0 Å². The van der Waals surface area contributed by atoms with Crippen LogP contribution in [0, 0.1) is 0 Å². The number of esters is 1. The lowest BCUT2D eigenvalue weighted by atomic mass is 10.2. The highest BCUT2D eigenvalue weighted by atomic mass is 32.2. The van der Waals surface area contributed by atoms with E-state index in [1.54, 1.807) is 6.07 Å². The van der Waals surface area contributed by atoms with Crippen LogP contribution in [0.15, 0.2) is 23.1 Å². The lowest BCUT2D eigenvalue weighted by Crippen LogP contribution is -2.41. The van der Waals surface area contributed by atoms with Crippen LogP contribution in [-0.2, 0) is 24.3 Å². The zero-order valence-electron chi connectivity index (χ0n) is 17.0. The Kier molecular flexibility index (Phi) is 7.54. The van der Waals surface area contributed by atoms with Gasteiger partial charge in [-0.2, -0.15) is 0 Å². The van der Waals surface area contributed by atoms with E-state index in [4.69, 9.17) is 14.2 Å². The van der Waals surface area contributed by atoms with Gasteiger partial charge in [0, 0.05) is 25.1 Å². The summed E-state index contributed by atoms with van der Waals surface area (Å²) >= 11 is 0. The summed E-state index contributed by atoms with van der Waals surface area (Å²) in [5, 5.41) is 2.87. The number of carbonyl (C=O) groups is 2.